The number of carbonyl (C=O) groups excluding carboxylic acids is 1. The summed E-state index contributed by atoms with van der Waals surface area (Å²) in [5.74, 6) is -1.92. The molecule has 8 heteroatoms. The lowest BCUT2D eigenvalue weighted by atomic mass is 10.1. The SMILES string of the molecule is CCOC(=O)c1cc(S(=O)(=O)NC(C)C(=O)O)ccc1C. The van der Waals surface area contributed by atoms with Crippen LogP contribution in [0.2, 0.25) is 0 Å². The van der Waals surface area contributed by atoms with Crippen LogP contribution in [-0.2, 0) is 19.6 Å². The Labute approximate surface area is 123 Å². The Bertz CT molecular complexity index is 653. The van der Waals surface area contributed by atoms with Gasteiger partial charge in [-0.25, -0.2) is 13.2 Å². The van der Waals surface area contributed by atoms with Crippen LogP contribution in [0.3, 0.4) is 0 Å². The summed E-state index contributed by atoms with van der Waals surface area (Å²) in [6.45, 7) is 4.67. The molecule has 7 nitrogen and oxygen atoms in total. The zero-order valence-corrected chi connectivity index (χ0v) is 12.7. The van der Waals surface area contributed by atoms with Crippen molar-refractivity contribution in [1.29, 1.82) is 0 Å². The molecule has 0 saturated heterocycles. The summed E-state index contributed by atoms with van der Waals surface area (Å²) in [5, 5.41) is 8.75. The number of aryl methyl sites for hydroxylation is 1. The largest absolute Gasteiger partial charge is 0.480 e. The van der Waals surface area contributed by atoms with Crippen LogP contribution in [0.25, 0.3) is 0 Å². The Balaban J connectivity index is 3.17. The molecule has 2 N–H and O–H groups in total. The molecule has 21 heavy (non-hydrogen) atoms. The van der Waals surface area contributed by atoms with Gasteiger partial charge in [0.1, 0.15) is 6.04 Å². The molecular weight excluding hydrogens is 298 g/mol. The van der Waals surface area contributed by atoms with Crippen molar-refractivity contribution < 1.29 is 27.9 Å². The van der Waals surface area contributed by atoms with Gasteiger partial charge in [0.2, 0.25) is 10.0 Å². The van der Waals surface area contributed by atoms with Gasteiger partial charge >= 0.3 is 11.9 Å². The lowest BCUT2D eigenvalue weighted by molar-refractivity contribution is -0.138. The van der Waals surface area contributed by atoms with E-state index in [4.69, 9.17) is 9.84 Å². The number of nitrogens with one attached hydrogen (secondary N) is 1. The molecule has 0 saturated carbocycles. The van der Waals surface area contributed by atoms with Crippen LogP contribution in [0.5, 0.6) is 0 Å². The smallest absolute Gasteiger partial charge is 0.338 e. The van der Waals surface area contributed by atoms with Crippen molar-refractivity contribution in [1.82, 2.24) is 4.72 Å². The van der Waals surface area contributed by atoms with Gasteiger partial charge in [0.05, 0.1) is 17.1 Å². The van der Waals surface area contributed by atoms with E-state index >= 15 is 0 Å². The van der Waals surface area contributed by atoms with Crippen LogP contribution in [0.15, 0.2) is 23.1 Å². The summed E-state index contributed by atoms with van der Waals surface area (Å²) in [5.41, 5.74) is 0.696. The van der Waals surface area contributed by atoms with E-state index in [-0.39, 0.29) is 17.1 Å². The van der Waals surface area contributed by atoms with E-state index in [0.29, 0.717) is 5.56 Å². The van der Waals surface area contributed by atoms with Crippen LogP contribution in [0.1, 0.15) is 29.8 Å². The fourth-order valence-corrected chi connectivity index (χ4v) is 2.77. The number of benzene rings is 1. The van der Waals surface area contributed by atoms with Gasteiger partial charge < -0.3 is 9.84 Å². The van der Waals surface area contributed by atoms with Gasteiger partial charge in [-0.2, -0.15) is 4.72 Å². The number of carboxylic acids is 1. The van der Waals surface area contributed by atoms with Crippen molar-refractivity contribution in [2.45, 2.75) is 31.7 Å². The molecule has 0 radical (unpaired) electrons. The highest BCUT2D eigenvalue weighted by Crippen LogP contribution is 2.17. The minimum atomic E-state index is -4.03. The maximum atomic E-state index is 12.1. The molecule has 0 aromatic heterocycles. The fraction of sp³-hybridized carbons (Fsp3) is 0.385. The van der Waals surface area contributed by atoms with Crippen molar-refractivity contribution in [3.05, 3.63) is 29.3 Å². The summed E-state index contributed by atoms with van der Waals surface area (Å²) in [7, 11) is -4.03. The normalized spacial score (nSPS) is 12.7. The Morgan fingerprint density at radius 1 is 1.38 bits per heavy atom. The van der Waals surface area contributed by atoms with Crippen molar-refractivity contribution in [2.75, 3.05) is 6.61 Å². The highest BCUT2D eigenvalue weighted by Gasteiger charge is 2.23. The lowest BCUT2D eigenvalue weighted by Crippen LogP contribution is -2.38. The molecule has 0 spiro atoms. The molecule has 0 aliphatic carbocycles. The number of aliphatic carboxylic acids is 1. The molecule has 1 aromatic rings. The molecule has 0 bridgehead atoms. The number of esters is 1. The first-order chi connectivity index (χ1) is 9.69. The quantitative estimate of drug-likeness (QED) is 0.756. The van der Waals surface area contributed by atoms with Gasteiger partial charge in [0.25, 0.3) is 0 Å². The molecule has 1 atom stereocenters. The van der Waals surface area contributed by atoms with Crippen LogP contribution >= 0.6 is 0 Å². The third-order valence-electron chi connectivity index (χ3n) is 2.72. The number of carboxylic acid groups (broad SMARTS) is 1. The van der Waals surface area contributed by atoms with E-state index in [1.54, 1.807) is 13.8 Å². The molecule has 0 fully saturated rings. The Kier molecular flexibility index (Phi) is 5.45. The first-order valence-corrected chi connectivity index (χ1v) is 7.70. The molecule has 116 valence electrons. The molecular formula is C13H17NO6S. The maximum Gasteiger partial charge on any atom is 0.338 e. The molecule has 1 aromatic carbocycles. The molecule has 1 unspecified atom stereocenters. The van der Waals surface area contributed by atoms with Crippen molar-refractivity contribution in [3.8, 4) is 0 Å². The predicted octanol–water partition coefficient (Wildman–Crippen LogP) is 0.923. The first kappa shape index (κ1) is 17.1. The van der Waals surface area contributed by atoms with Crippen molar-refractivity contribution in [2.24, 2.45) is 0 Å². The van der Waals surface area contributed by atoms with E-state index in [9.17, 15) is 18.0 Å². The fourth-order valence-electron chi connectivity index (χ4n) is 1.55. The van der Waals surface area contributed by atoms with Gasteiger partial charge in [-0.05, 0) is 38.5 Å². The summed E-state index contributed by atoms with van der Waals surface area (Å²) in [6.07, 6.45) is 0. The second-order valence-corrected chi connectivity index (χ2v) is 6.09. The van der Waals surface area contributed by atoms with Crippen molar-refractivity contribution in [3.63, 3.8) is 0 Å². The van der Waals surface area contributed by atoms with Gasteiger partial charge in [-0.1, -0.05) is 6.07 Å². The Morgan fingerprint density at radius 2 is 2.00 bits per heavy atom. The molecule has 0 amide bonds. The van der Waals surface area contributed by atoms with Crippen LogP contribution < -0.4 is 4.72 Å². The highest BCUT2D eigenvalue weighted by atomic mass is 32.2. The van der Waals surface area contributed by atoms with E-state index < -0.39 is 28.0 Å². The summed E-state index contributed by atoms with van der Waals surface area (Å²) in [6, 6.07) is 2.66. The van der Waals surface area contributed by atoms with Crippen LogP contribution in [0.4, 0.5) is 0 Å². The first-order valence-electron chi connectivity index (χ1n) is 6.22. The van der Waals surface area contributed by atoms with E-state index in [0.717, 1.165) is 0 Å². The number of sulfonamides is 1. The number of hydrogen-bond acceptors (Lipinski definition) is 5. The average Bonchev–Trinajstić information content (AvgIpc) is 2.38. The Hall–Kier alpha value is -1.93. The zero-order valence-electron chi connectivity index (χ0n) is 11.9. The minimum Gasteiger partial charge on any atom is -0.480 e. The highest BCUT2D eigenvalue weighted by molar-refractivity contribution is 7.89. The summed E-state index contributed by atoms with van der Waals surface area (Å²) in [4.78, 5) is 22.3. The number of rotatable bonds is 6. The van der Waals surface area contributed by atoms with E-state index in [1.807, 2.05) is 4.72 Å². The maximum absolute atomic E-state index is 12.1. The third-order valence-corrected chi connectivity index (χ3v) is 4.26. The molecule has 1 rings (SSSR count). The van der Waals surface area contributed by atoms with Crippen molar-refractivity contribution >= 4 is 22.0 Å². The lowest BCUT2D eigenvalue weighted by Gasteiger charge is -2.12. The second-order valence-electron chi connectivity index (χ2n) is 4.38. The van der Waals surface area contributed by atoms with Gasteiger partial charge in [-0.3, -0.25) is 4.79 Å². The summed E-state index contributed by atoms with van der Waals surface area (Å²) >= 11 is 0. The van der Waals surface area contributed by atoms with Gasteiger partial charge in [0.15, 0.2) is 0 Å². The third kappa shape index (κ3) is 4.27. The van der Waals surface area contributed by atoms with Gasteiger partial charge in [0, 0.05) is 0 Å². The molecule has 0 aliphatic rings. The number of hydrogen-bond donors (Lipinski definition) is 2. The average molecular weight is 315 g/mol. The van der Waals surface area contributed by atoms with Crippen LogP contribution in [-0.4, -0.2) is 38.1 Å². The molecule has 0 heterocycles. The van der Waals surface area contributed by atoms with Crippen LogP contribution in [0, 0.1) is 6.92 Å². The van der Waals surface area contributed by atoms with E-state index in [2.05, 4.69) is 0 Å². The predicted molar refractivity (Wildman–Crippen MR) is 74.6 cm³/mol. The standard InChI is InChI=1S/C13H17NO6S/c1-4-20-13(17)11-7-10(6-5-8(11)2)21(18,19)14-9(3)12(15)16/h5-7,9,14H,4H2,1-3H3,(H,15,16). The zero-order chi connectivity index (χ0) is 16.2. The number of ether oxygens (including phenoxy) is 1. The molecule has 0 aliphatic heterocycles. The number of carbonyl (C=O) groups is 2. The van der Waals surface area contributed by atoms with E-state index in [1.165, 1.54) is 25.1 Å². The second kappa shape index (κ2) is 6.68. The Morgan fingerprint density at radius 3 is 2.52 bits per heavy atom. The summed E-state index contributed by atoms with van der Waals surface area (Å²) < 4.78 is 31.0. The van der Waals surface area contributed by atoms with Gasteiger partial charge in [-0.15, -0.1) is 0 Å². The topological polar surface area (TPSA) is 110 Å². The monoisotopic (exact) mass is 315 g/mol. The minimum absolute atomic E-state index is 0.128.